The maximum absolute atomic E-state index is 13.3. The highest BCUT2D eigenvalue weighted by molar-refractivity contribution is 6.30. The van der Waals surface area contributed by atoms with Gasteiger partial charge in [-0.25, -0.2) is 0 Å². The second-order valence-corrected chi connectivity index (χ2v) is 7.45. The zero-order valence-corrected chi connectivity index (χ0v) is 15.2. The average molecular weight is 358 g/mol. The number of benzene rings is 2. The van der Waals surface area contributed by atoms with Gasteiger partial charge in [0.25, 0.3) is 5.91 Å². The molecular weight excluding hydrogens is 334 g/mol. The van der Waals surface area contributed by atoms with Crippen LogP contribution in [0.5, 0.6) is 0 Å². The second kappa shape index (κ2) is 7.59. The van der Waals surface area contributed by atoms with Crippen LogP contribution in [0.3, 0.4) is 0 Å². The second-order valence-electron chi connectivity index (χ2n) is 7.02. The molecule has 3 rings (SSSR count). The Bertz CT molecular complexity index is 726. The summed E-state index contributed by atoms with van der Waals surface area (Å²) in [4.78, 5) is 15.3. The predicted octanol–water partition coefficient (Wildman–Crippen LogP) is 4.68. The summed E-state index contributed by atoms with van der Waals surface area (Å²) in [6.45, 7) is 2.34. The number of aliphatic hydroxyl groups is 1. The molecule has 2 aromatic carbocycles. The monoisotopic (exact) mass is 357 g/mol. The van der Waals surface area contributed by atoms with Crippen LogP contribution in [0.2, 0.25) is 5.02 Å². The Hall–Kier alpha value is -1.84. The van der Waals surface area contributed by atoms with Crippen molar-refractivity contribution >= 4 is 17.5 Å². The predicted molar refractivity (Wildman–Crippen MR) is 101 cm³/mol. The Morgan fingerprint density at radius 2 is 1.92 bits per heavy atom. The van der Waals surface area contributed by atoms with E-state index in [1.807, 2.05) is 35.2 Å². The summed E-state index contributed by atoms with van der Waals surface area (Å²) in [6, 6.07) is 17.1. The van der Waals surface area contributed by atoms with Crippen molar-refractivity contribution in [1.82, 2.24) is 4.90 Å². The van der Waals surface area contributed by atoms with Gasteiger partial charge in [-0.2, -0.15) is 0 Å². The molecule has 3 nitrogen and oxygen atoms in total. The SMILES string of the molecule is CC(O)CC1(N(Cc2ccccc2)C(=O)c2cccc(Cl)c2)CCC1. The fourth-order valence-corrected chi connectivity index (χ4v) is 3.91. The van der Waals surface area contributed by atoms with Gasteiger partial charge in [-0.05, 0) is 56.4 Å². The van der Waals surface area contributed by atoms with Crippen molar-refractivity contribution < 1.29 is 9.90 Å². The number of nitrogens with zero attached hydrogens (tertiary/aromatic N) is 1. The van der Waals surface area contributed by atoms with E-state index in [4.69, 9.17) is 11.6 Å². The molecule has 1 fully saturated rings. The molecule has 1 amide bonds. The molecule has 132 valence electrons. The van der Waals surface area contributed by atoms with Crippen LogP contribution in [0.4, 0.5) is 0 Å². The van der Waals surface area contributed by atoms with Crippen molar-refractivity contribution in [3.05, 3.63) is 70.7 Å². The van der Waals surface area contributed by atoms with Gasteiger partial charge in [-0.3, -0.25) is 4.79 Å². The molecule has 0 heterocycles. The third-order valence-corrected chi connectivity index (χ3v) is 5.27. The molecule has 0 bridgehead atoms. The van der Waals surface area contributed by atoms with Crippen LogP contribution >= 0.6 is 11.6 Å². The van der Waals surface area contributed by atoms with E-state index >= 15 is 0 Å². The molecule has 1 atom stereocenters. The molecule has 1 saturated carbocycles. The minimum Gasteiger partial charge on any atom is -0.393 e. The lowest BCUT2D eigenvalue weighted by atomic mass is 9.71. The Kier molecular flexibility index (Phi) is 5.45. The van der Waals surface area contributed by atoms with Gasteiger partial charge in [0.15, 0.2) is 0 Å². The highest BCUT2D eigenvalue weighted by Crippen LogP contribution is 2.43. The number of aliphatic hydroxyl groups excluding tert-OH is 1. The molecule has 2 aromatic rings. The van der Waals surface area contributed by atoms with Crippen molar-refractivity contribution in [2.45, 2.75) is 50.8 Å². The molecule has 0 aromatic heterocycles. The van der Waals surface area contributed by atoms with E-state index in [-0.39, 0.29) is 11.4 Å². The minimum absolute atomic E-state index is 0.0216. The van der Waals surface area contributed by atoms with E-state index in [1.165, 1.54) is 0 Å². The number of hydrogen-bond donors (Lipinski definition) is 1. The summed E-state index contributed by atoms with van der Waals surface area (Å²) in [5.41, 5.74) is 1.42. The van der Waals surface area contributed by atoms with Crippen molar-refractivity contribution in [3.8, 4) is 0 Å². The van der Waals surface area contributed by atoms with E-state index in [9.17, 15) is 9.90 Å². The number of rotatable bonds is 6. The largest absolute Gasteiger partial charge is 0.393 e. The third-order valence-electron chi connectivity index (χ3n) is 5.03. The lowest BCUT2D eigenvalue weighted by Gasteiger charge is -2.51. The smallest absolute Gasteiger partial charge is 0.254 e. The molecule has 0 radical (unpaired) electrons. The number of hydrogen-bond acceptors (Lipinski definition) is 2. The molecule has 1 N–H and O–H groups in total. The quantitative estimate of drug-likeness (QED) is 0.815. The maximum Gasteiger partial charge on any atom is 0.254 e. The van der Waals surface area contributed by atoms with Crippen molar-refractivity contribution in [2.75, 3.05) is 0 Å². The van der Waals surface area contributed by atoms with E-state index in [2.05, 4.69) is 0 Å². The highest BCUT2D eigenvalue weighted by atomic mass is 35.5. The summed E-state index contributed by atoms with van der Waals surface area (Å²) in [6.07, 6.45) is 3.10. The fourth-order valence-electron chi connectivity index (χ4n) is 3.72. The van der Waals surface area contributed by atoms with E-state index in [1.54, 1.807) is 31.2 Å². The van der Waals surface area contributed by atoms with Crippen molar-refractivity contribution in [3.63, 3.8) is 0 Å². The van der Waals surface area contributed by atoms with Crippen LogP contribution in [0.15, 0.2) is 54.6 Å². The van der Waals surface area contributed by atoms with Crippen molar-refractivity contribution in [1.29, 1.82) is 0 Å². The van der Waals surface area contributed by atoms with Gasteiger partial charge >= 0.3 is 0 Å². The summed E-state index contributed by atoms with van der Waals surface area (Å²) < 4.78 is 0. The number of carbonyl (C=O) groups excluding carboxylic acids is 1. The molecule has 4 heteroatoms. The molecular formula is C21H24ClNO2. The Morgan fingerprint density at radius 3 is 2.48 bits per heavy atom. The first-order valence-electron chi connectivity index (χ1n) is 8.80. The maximum atomic E-state index is 13.3. The number of carbonyl (C=O) groups is 1. The summed E-state index contributed by atoms with van der Waals surface area (Å²) in [7, 11) is 0. The van der Waals surface area contributed by atoms with E-state index in [0.717, 1.165) is 24.8 Å². The van der Waals surface area contributed by atoms with Gasteiger partial charge in [-0.1, -0.05) is 48.0 Å². The van der Waals surface area contributed by atoms with Gasteiger partial charge in [0.2, 0.25) is 0 Å². The minimum atomic E-state index is -0.439. The van der Waals surface area contributed by atoms with E-state index in [0.29, 0.717) is 23.6 Å². The Labute approximate surface area is 154 Å². The molecule has 0 aliphatic heterocycles. The lowest BCUT2D eigenvalue weighted by Crippen LogP contribution is -2.57. The topological polar surface area (TPSA) is 40.5 Å². The Morgan fingerprint density at radius 1 is 1.20 bits per heavy atom. The van der Waals surface area contributed by atoms with Gasteiger partial charge in [-0.15, -0.1) is 0 Å². The van der Waals surface area contributed by atoms with Crippen LogP contribution < -0.4 is 0 Å². The van der Waals surface area contributed by atoms with Crippen molar-refractivity contribution in [2.24, 2.45) is 0 Å². The van der Waals surface area contributed by atoms with Crippen LogP contribution in [0, 0.1) is 0 Å². The zero-order chi connectivity index (χ0) is 17.9. The first kappa shape index (κ1) is 18.0. The zero-order valence-electron chi connectivity index (χ0n) is 14.5. The van der Waals surface area contributed by atoms with Crippen LogP contribution in [-0.2, 0) is 6.54 Å². The van der Waals surface area contributed by atoms with Gasteiger partial charge < -0.3 is 10.0 Å². The van der Waals surface area contributed by atoms with Gasteiger partial charge in [0, 0.05) is 22.7 Å². The van der Waals surface area contributed by atoms with Crippen LogP contribution in [0.1, 0.15) is 48.5 Å². The molecule has 1 unspecified atom stereocenters. The van der Waals surface area contributed by atoms with E-state index < -0.39 is 6.10 Å². The van der Waals surface area contributed by atoms with Crippen LogP contribution in [0.25, 0.3) is 0 Å². The Balaban J connectivity index is 1.95. The third kappa shape index (κ3) is 4.05. The molecule has 1 aliphatic rings. The standard InChI is InChI=1S/C21H24ClNO2/c1-16(24)14-21(11-6-12-21)23(15-17-7-3-2-4-8-17)20(25)18-9-5-10-19(22)13-18/h2-5,7-10,13,16,24H,6,11-12,14-15H2,1H3. The fraction of sp³-hybridized carbons (Fsp3) is 0.381. The first-order chi connectivity index (χ1) is 12.0. The molecule has 1 aliphatic carbocycles. The van der Waals surface area contributed by atoms with Gasteiger partial charge in [0.05, 0.1) is 6.10 Å². The molecule has 25 heavy (non-hydrogen) atoms. The van der Waals surface area contributed by atoms with Crippen LogP contribution in [-0.4, -0.2) is 27.6 Å². The average Bonchev–Trinajstić information content (AvgIpc) is 2.56. The first-order valence-corrected chi connectivity index (χ1v) is 9.17. The molecule has 0 saturated heterocycles. The summed E-state index contributed by atoms with van der Waals surface area (Å²) in [5.74, 6) is -0.0216. The number of amides is 1. The number of halogens is 1. The normalized spacial score (nSPS) is 16.8. The highest BCUT2D eigenvalue weighted by Gasteiger charge is 2.45. The lowest BCUT2D eigenvalue weighted by molar-refractivity contribution is -0.0152. The summed E-state index contributed by atoms with van der Waals surface area (Å²) >= 11 is 6.09. The van der Waals surface area contributed by atoms with Gasteiger partial charge in [0.1, 0.15) is 0 Å². The molecule has 0 spiro atoms. The summed E-state index contributed by atoms with van der Waals surface area (Å²) in [5, 5.41) is 10.6.